The highest BCUT2D eigenvalue weighted by Gasteiger charge is 2.11. The molecule has 5 heteroatoms. The van der Waals surface area contributed by atoms with Gasteiger partial charge in [0.2, 0.25) is 0 Å². The number of hydrogen-bond donors (Lipinski definition) is 1. The van der Waals surface area contributed by atoms with Gasteiger partial charge in [0.15, 0.2) is 5.82 Å². The van der Waals surface area contributed by atoms with Gasteiger partial charge in [-0.25, -0.2) is 4.98 Å². The number of pyridine rings is 1. The van der Waals surface area contributed by atoms with E-state index in [1.165, 1.54) is 0 Å². The zero-order valence-corrected chi connectivity index (χ0v) is 9.81. The molecule has 0 spiro atoms. The van der Waals surface area contributed by atoms with Gasteiger partial charge in [-0.05, 0) is 26.0 Å². The van der Waals surface area contributed by atoms with Gasteiger partial charge in [-0.3, -0.25) is 9.67 Å². The number of imidazole rings is 1. The molecule has 3 heterocycles. The molecular weight excluding hydrogens is 214 g/mol. The largest absolute Gasteiger partial charge is 0.335 e. The van der Waals surface area contributed by atoms with Crippen LogP contribution in [-0.2, 0) is 6.54 Å². The van der Waals surface area contributed by atoms with E-state index in [-0.39, 0.29) is 0 Å². The van der Waals surface area contributed by atoms with Crippen LogP contribution in [0.1, 0.15) is 12.6 Å². The van der Waals surface area contributed by atoms with Gasteiger partial charge >= 0.3 is 0 Å². The predicted octanol–water partition coefficient (Wildman–Crippen LogP) is 2.15. The molecule has 0 saturated carbocycles. The molecule has 0 fully saturated rings. The van der Waals surface area contributed by atoms with Crippen molar-refractivity contribution in [2.24, 2.45) is 0 Å². The van der Waals surface area contributed by atoms with Crippen molar-refractivity contribution < 1.29 is 0 Å². The number of H-pyrrole nitrogens is 1. The van der Waals surface area contributed by atoms with E-state index in [2.05, 4.69) is 27.0 Å². The fraction of sp³-hybridized carbons (Fsp3) is 0.250. The third kappa shape index (κ3) is 1.60. The Morgan fingerprint density at radius 1 is 1.41 bits per heavy atom. The highest BCUT2D eigenvalue weighted by molar-refractivity contribution is 5.77. The number of hydrogen-bond acceptors (Lipinski definition) is 3. The molecule has 86 valence electrons. The number of fused-ring (bicyclic) bond motifs is 1. The van der Waals surface area contributed by atoms with Crippen LogP contribution < -0.4 is 0 Å². The first-order valence-corrected chi connectivity index (χ1v) is 5.62. The summed E-state index contributed by atoms with van der Waals surface area (Å²) in [6.07, 6.45) is 3.53. The summed E-state index contributed by atoms with van der Waals surface area (Å²) in [6.45, 7) is 4.89. The van der Waals surface area contributed by atoms with E-state index in [4.69, 9.17) is 0 Å². The Labute approximate surface area is 98.5 Å². The number of aromatic nitrogens is 5. The Kier molecular flexibility index (Phi) is 2.18. The minimum absolute atomic E-state index is 0.832. The minimum atomic E-state index is 0.832. The molecule has 0 aromatic carbocycles. The molecule has 0 radical (unpaired) electrons. The number of nitrogens with zero attached hydrogens (tertiary/aromatic N) is 4. The van der Waals surface area contributed by atoms with Crippen LogP contribution in [0.25, 0.3) is 22.6 Å². The number of rotatable bonds is 2. The molecule has 5 nitrogen and oxygen atoms in total. The first-order valence-electron chi connectivity index (χ1n) is 5.62. The van der Waals surface area contributed by atoms with Gasteiger partial charge in [-0.2, -0.15) is 5.10 Å². The maximum Gasteiger partial charge on any atom is 0.156 e. The van der Waals surface area contributed by atoms with Gasteiger partial charge in [-0.15, -0.1) is 0 Å². The molecule has 0 aliphatic rings. The Bertz CT molecular complexity index is 631. The fourth-order valence-electron chi connectivity index (χ4n) is 1.96. The van der Waals surface area contributed by atoms with Crippen LogP contribution in [0.15, 0.2) is 24.5 Å². The number of aromatic amines is 1. The lowest BCUT2D eigenvalue weighted by Gasteiger charge is -1.99. The van der Waals surface area contributed by atoms with Gasteiger partial charge in [0.1, 0.15) is 5.69 Å². The zero-order chi connectivity index (χ0) is 11.8. The van der Waals surface area contributed by atoms with Crippen molar-refractivity contribution in [3.8, 4) is 11.5 Å². The van der Waals surface area contributed by atoms with E-state index in [9.17, 15) is 0 Å². The minimum Gasteiger partial charge on any atom is -0.335 e. The normalized spacial score (nSPS) is 11.2. The monoisotopic (exact) mass is 227 g/mol. The molecule has 0 aliphatic heterocycles. The van der Waals surface area contributed by atoms with Gasteiger partial charge in [0.05, 0.1) is 22.9 Å². The van der Waals surface area contributed by atoms with Crippen molar-refractivity contribution in [2.75, 3.05) is 0 Å². The summed E-state index contributed by atoms with van der Waals surface area (Å²) in [5, 5.41) is 4.42. The summed E-state index contributed by atoms with van der Waals surface area (Å²) in [6, 6.07) is 3.93. The Balaban J connectivity index is 2.19. The van der Waals surface area contributed by atoms with Crippen molar-refractivity contribution in [3.63, 3.8) is 0 Å². The Hall–Kier alpha value is -2.17. The molecule has 3 aromatic rings. The molecule has 0 unspecified atom stereocenters. The quantitative estimate of drug-likeness (QED) is 0.729. The van der Waals surface area contributed by atoms with E-state index in [0.717, 1.165) is 34.8 Å². The second-order valence-electron chi connectivity index (χ2n) is 3.96. The Morgan fingerprint density at radius 2 is 2.29 bits per heavy atom. The molecule has 1 N–H and O–H groups in total. The SMILES string of the molecule is CCn1nc(C)cc1-c1nc2ccncc2[nH]1. The van der Waals surface area contributed by atoms with Crippen LogP contribution in [-0.4, -0.2) is 24.7 Å². The molecule has 17 heavy (non-hydrogen) atoms. The van der Waals surface area contributed by atoms with E-state index in [1.54, 1.807) is 12.4 Å². The van der Waals surface area contributed by atoms with Crippen molar-refractivity contribution in [1.29, 1.82) is 0 Å². The van der Waals surface area contributed by atoms with Gasteiger partial charge < -0.3 is 4.98 Å². The molecule has 0 amide bonds. The van der Waals surface area contributed by atoms with E-state index in [0.29, 0.717) is 0 Å². The van der Waals surface area contributed by atoms with Crippen LogP contribution in [0.2, 0.25) is 0 Å². The first-order chi connectivity index (χ1) is 8.28. The molecule has 0 bridgehead atoms. The first kappa shape index (κ1) is 10.0. The van der Waals surface area contributed by atoms with Crippen molar-refractivity contribution in [2.45, 2.75) is 20.4 Å². The molecule has 0 aliphatic carbocycles. The van der Waals surface area contributed by atoms with Gasteiger partial charge in [0, 0.05) is 12.7 Å². The van der Waals surface area contributed by atoms with Crippen LogP contribution in [0.5, 0.6) is 0 Å². The van der Waals surface area contributed by atoms with E-state index in [1.807, 2.05) is 23.7 Å². The fourth-order valence-corrected chi connectivity index (χ4v) is 1.96. The highest BCUT2D eigenvalue weighted by atomic mass is 15.3. The topological polar surface area (TPSA) is 59.4 Å². The van der Waals surface area contributed by atoms with E-state index >= 15 is 0 Å². The summed E-state index contributed by atoms with van der Waals surface area (Å²) < 4.78 is 1.94. The van der Waals surface area contributed by atoms with Crippen molar-refractivity contribution in [3.05, 3.63) is 30.2 Å². The number of aryl methyl sites for hydroxylation is 2. The van der Waals surface area contributed by atoms with Crippen LogP contribution in [0.4, 0.5) is 0 Å². The maximum atomic E-state index is 4.55. The highest BCUT2D eigenvalue weighted by Crippen LogP contribution is 2.20. The zero-order valence-electron chi connectivity index (χ0n) is 9.81. The third-order valence-electron chi connectivity index (χ3n) is 2.73. The lowest BCUT2D eigenvalue weighted by Crippen LogP contribution is -1.99. The summed E-state index contributed by atoms with van der Waals surface area (Å²) in [5.74, 6) is 0.843. The smallest absolute Gasteiger partial charge is 0.156 e. The Morgan fingerprint density at radius 3 is 3.06 bits per heavy atom. The summed E-state index contributed by atoms with van der Waals surface area (Å²) >= 11 is 0. The summed E-state index contributed by atoms with van der Waals surface area (Å²) in [5.41, 5.74) is 3.89. The van der Waals surface area contributed by atoms with Crippen LogP contribution in [0.3, 0.4) is 0 Å². The van der Waals surface area contributed by atoms with E-state index < -0.39 is 0 Å². The second kappa shape index (κ2) is 3.69. The van der Waals surface area contributed by atoms with Crippen molar-refractivity contribution in [1.82, 2.24) is 24.7 Å². The van der Waals surface area contributed by atoms with Crippen LogP contribution >= 0.6 is 0 Å². The van der Waals surface area contributed by atoms with Gasteiger partial charge in [0.25, 0.3) is 0 Å². The lowest BCUT2D eigenvalue weighted by atomic mass is 10.3. The summed E-state index contributed by atoms with van der Waals surface area (Å²) in [4.78, 5) is 11.9. The lowest BCUT2D eigenvalue weighted by molar-refractivity contribution is 0.658. The molecule has 0 atom stereocenters. The average Bonchev–Trinajstić information content (AvgIpc) is 2.91. The average molecular weight is 227 g/mol. The van der Waals surface area contributed by atoms with Gasteiger partial charge in [-0.1, -0.05) is 0 Å². The molecule has 3 aromatic heterocycles. The third-order valence-corrected chi connectivity index (χ3v) is 2.73. The maximum absolute atomic E-state index is 4.55. The molecular formula is C12H13N5. The van der Waals surface area contributed by atoms with Crippen LogP contribution in [0, 0.1) is 6.92 Å². The predicted molar refractivity (Wildman–Crippen MR) is 65.5 cm³/mol. The molecule has 3 rings (SSSR count). The number of nitrogens with one attached hydrogen (secondary N) is 1. The molecule has 0 saturated heterocycles. The van der Waals surface area contributed by atoms with Crippen molar-refractivity contribution >= 4 is 11.0 Å². The standard InChI is InChI=1S/C12H13N5/c1-3-17-11(6-8(2)16-17)12-14-9-4-5-13-7-10(9)15-12/h4-7H,3H2,1-2H3,(H,14,15). The second-order valence-corrected chi connectivity index (χ2v) is 3.96. The summed E-state index contributed by atoms with van der Waals surface area (Å²) in [7, 11) is 0.